The maximum atomic E-state index is 11.5. The van der Waals surface area contributed by atoms with Crippen LogP contribution < -0.4 is 5.56 Å². The smallest absolute Gasteiger partial charge is 0.254 e. The Kier molecular flexibility index (Phi) is 4.08. The molecular formula is C10H14N2O2S. The van der Waals surface area contributed by atoms with Gasteiger partial charge in [-0.25, -0.2) is 4.98 Å². The van der Waals surface area contributed by atoms with E-state index in [-0.39, 0.29) is 11.3 Å². The van der Waals surface area contributed by atoms with Gasteiger partial charge in [0, 0.05) is 11.3 Å². The van der Waals surface area contributed by atoms with E-state index in [1.807, 2.05) is 13.8 Å². The lowest BCUT2D eigenvalue weighted by molar-refractivity contribution is -0.114. The van der Waals surface area contributed by atoms with E-state index in [9.17, 15) is 9.59 Å². The number of aryl methyl sites for hydroxylation is 1. The van der Waals surface area contributed by atoms with E-state index < -0.39 is 0 Å². The largest absolute Gasteiger partial charge is 0.301 e. The molecule has 4 nitrogen and oxygen atoms in total. The summed E-state index contributed by atoms with van der Waals surface area (Å²) in [5.41, 5.74) is 1.35. The molecule has 0 bridgehead atoms. The summed E-state index contributed by atoms with van der Waals surface area (Å²) in [4.78, 5) is 29.2. The van der Waals surface area contributed by atoms with Crippen LogP contribution in [0.5, 0.6) is 0 Å². The minimum atomic E-state index is -0.101. The molecule has 0 saturated heterocycles. The Morgan fingerprint density at radius 2 is 2.20 bits per heavy atom. The number of hydrogen-bond acceptors (Lipinski definition) is 4. The number of Topliss-reactive ketones (excluding diaryl/α,β-unsaturated/α-hetero) is 1. The van der Waals surface area contributed by atoms with Crippen molar-refractivity contribution >= 4 is 17.5 Å². The van der Waals surface area contributed by atoms with Gasteiger partial charge in [-0.2, -0.15) is 0 Å². The van der Waals surface area contributed by atoms with Gasteiger partial charge in [0.15, 0.2) is 5.16 Å². The van der Waals surface area contributed by atoms with Crippen molar-refractivity contribution in [2.24, 2.45) is 0 Å². The topological polar surface area (TPSA) is 62.8 Å². The van der Waals surface area contributed by atoms with Crippen LogP contribution >= 0.6 is 11.8 Å². The number of nitrogens with one attached hydrogen (secondary N) is 1. The van der Waals surface area contributed by atoms with Crippen LogP contribution in [0, 0.1) is 6.92 Å². The molecule has 0 fully saturated rings. The van der Waals surface area contributed by atoms with Crippen molar-refractivity contribution in [1.82, 2.24) is 9.97 Å². The number of aromatic amines is 1. The molecule has 82 valence electrons. The van der Waals surface area contributed by atoms with Crippen LogP contribution in [0.2, 0.25) is 0 Å². The number of thioether (sulfide) groups is 1. The summed E-state index contributed by atoms with van der Waals surface area (Å²) in [7, 11) is 0. The number of carbonyl (C=O) groups is 1. The Balaban J connectivity index is 2.94. The maximum Gasteiger partial charge on any atom is 0.254 e. The molecule has 1 aromatic rings. The second-order valence-electron chi connectivity index (χ2n) is 3.28. The van der Waals surface area contributed by atoms with Gasteiger partial charge >= 0.3 is 0 Å². The fourth-order valence-corrected chi connectivity index (χ4v) is 1.95. The van der Waals surface area contributed by atoms with E-state index >= 15 is 0 Å². The zero-order valence-corrected chi connectivity index (χ0v) is 9.90. The third-order valence-electron chi connectivity index (χ3n) is 1.97. The number of carbonyl (C=O) groups excluding carboxylic acids is 1. The van der Waals surface area contributed by atoms with E-state index in [0.717, 1.165) is 5.69 Å². The van der Waals surface area contributed by atoms with E-state index in [4.69, 9.17) is 0 Å². The molecule has 0 spiro atoms. The lowest BCUT2D eigenvalue weighted by Crippen LogP contribution is -2.16. The molecule has 0 atom stereocenters. The molecule has 0 unspecified atom stereocenters. The number of H-pyrrole nitrogens is 1. The zero-order chi connectivity index (χ0) is 11.4. The molecule has 0 aliphatic carbocycles. The van der Waals surface area contributed by atoms with Crippen LogP contribution in [0.25, 0.3) is 0 Å². The third kappa shape index (κ3) is 3.20. The Labute approximate surface area is 92.5 Å². The van der Waals surface area contributed by atoms with Crippen LogP contribution in [0.3, 0.4) is 0 Å². The monoisotopic (exact) mass is 226 g/mol. The summed E-state index contributed by atoms with van der Waals surface area (Å²) < 4.78 is 0. The van der Waals surface area contributed by atoms with Gasteiger partial charge in [-0.15, -0.1) is 0 Å². The highest BCUT2D eigenvalue weighted by atomic mass is 32.2. The summed E-state index contributed by atoms with van der Waals surface area (Å²) in [5.74, 6) is 0.410. The molecule has 1 heterocycles. The highest BCUT2D eigenvalue weighted by molar-refractivity contribution is 7.99. The zero-order valence-electron chi connectivity index (χ0n) is 9.09. The molecule has 0 amide bonds. The number of rotatable bonds is 4. The molecule has 0 aliphatic heterocycles. The summed E-state index contributed by atoms with van der Waals surface area (Å²) >= 11 is 1.26. The Bertz CT molecular complexity index is 426. The molecule has 1 N–H and O–H groups in total. The van der Waals surface area contributed by atoms with Crippen molar-refractivity contribution in [2.75, 3.05) is 5.75 Å². The average Bonchev–Trinajstić information content (AvgIpc) is 2.14. The molecule has 5 heteroatoms. The summed E-state index contributed by atoms with van der Waals surface area (Å²) in [6.45, 7) is 5.24. The van der Waals surface area contributed by atoms with Gasteiger partial charge in [0.1, 0.15) is 5.78 Å². The van der Waals surface area contributed by atoms with Crippen LogP contribution in [-0.4, -0.2) is 21.5 Å². The van der Waals surface area contributed by atoms with Crippen molar-refractivity contribution < 1.29 is 4.79 Å². The fraction of sp³-hybridized carbons (Fsp3) is 0.500. The Morgan fingerprint density at radius 3 is 2.67 bits per heavy atom. The average molecular weight is 226 g/mol. The highest BCUT2D eigenvalue weighted by Crippen LogP contribution is 2.12. The van der Waals surface area contributed by atoms with Gasteiger partial charge in [-0.05, 0) is 20.3 Å². The molecule has 15 heavy (non-hydrogen) atoms. The number of aromatic nitrogens is 2. The Morgan fingerprint density at radius 1 is 1.53 bits per heavy atom. The minimum Gasteiger partial charge on any atom is -0.301 e. The van der Waals surface area contributed by atoms with Gasteiger partial charge in [0.2, 0.25) is 0 Å². The second-order valence-corrected chi connectivity index (χ2v) is 4.24. The first-order valence-electron chi connectivity index (χ1n) is 4.76. The van der Waals surface area contributed by atoms with Gasteiger partial charge in [0.25, 0.3) is 5.56 Å². The van der Waals surface area contributed by atoms with Gasteiger partial charge < -0.3 is 4.98 Å². The summed E-state index contributed by atoms with van der Waals surface area (Å²) in [6.07, 6.45) is 0.672. The predicted molar refractivity (Wildman–Crippen MR) is 60.4 cm³/mol. The van der Waals surface area contributed by atoms with E-state index in [1.54, 1.807) is 0 Å². The lowest BCUT2D eigenvalue weighted by Gasteiger charge is -2.03. The molecule has 0 saturated carbocycles. The quantitative estimate of drug-likeness (QED) is 0.621. The molecule has 0 aliphatic rings. The van der Waals surface area contributed by atoms with Gasteiger partial charge in [-0.1, -0.05) is 18.7 Å². The molecule has 1 rings (SSSR count). The van der Waals surface area contributed by atoms with Crippen LogP contribution in [0.15, 0.2) is 9.95 Å². The first kappa shape index (κ1) is 12.0. The highest BCUT2D eigenvalue weighted by Gasteiger charge is 2.06. The van der Waals surface area contributed by atoms with Crippen LogP contribution in [-0.2, 0) is 11.2 Å². The molecule has 1 aromatic heterocycles. The first-order chi connectivity index (χ1) is 7.04. The summed E-state index contributed by atoms with van der Waals surface area (Å²) in [5, 5.41) is 0.518. The summed E-state index contributed by atoms with van der Waals surface area (Å²) in [6, 6.07) is 0. The number of hydrogen-bond donors (Lipinski definition) is 1. The second kappa shape index (κ2) is 5.11. The molecule has 0 aromatic carbocycles. The predicted octanol–water partition coefficient (Wildman–Crippen LogP) is 1.32. The standard InChI is InChI=1S/C10H14N2O2S/c1-4-8-7(3)11-10(12-9(8)14)15-5-6(2)13/h4-5H2,1-3H3,(H,11,12,14). The first-order valence-corrected chi connectivity index (χ1v) is 5.75. The fourth-order valence-electron chi connectivity index (χ4n) is 1.24. The van der Waals surface area contributed by atoms with Crippen LogP contribution in [0.4, 0.5) is 0 Å². The lowest BCUT2D eigenvalue weighted by atomic mass is 10.2. The van der Waals surface area contributed by atoms with Crippen molar-refractivity contribution in [3.8, 4) is 0 Å². The van der Waals surface area contributed by atoms with Gasteiger partial charge in [0.05, 0.1) is 5.75 Å². The molecular weight excluding hydrogens is 212 g/mol. The molecule has 0 radical (unpaired) electrons. The van der Waals surface area contributed by atoms with Crippen molar-refractivity contribution in [3.05, 3.63) is 21.6 Å². The van der Waals surface area contributed by atoms with Crippen molar-refractivity contribution in [2.45, 2.75) is 32.3 Å². The third-order valence-corrected chi connectivity index (χ3v) is 2.98. The van der Waals surface area contributed by atoms with Gasteiger partial charge in [-0.3, -0.25) is 9.59 Å². The SMILES string of the molecule is CCc1c(C)nc(SCC(C)=O)[nH]c1=O. The van der Waals surface area contributed by atoms with E-state index in [1.165, 1.54) is 18.7 Å². The minimum absolute atomic E-state index is 0.0693. The number of nitrogens with zero attached hydrogens (tertiary/aromatic N) is 1. The van der Waals surface area contributed by atoms with Crippen molar-refractivity contribution in [1.29, 1.82) is 0 Å². The Hall–Kier alpha value is -1.10. The normalized spacial score (nSPS) is 10.3. The maximum absolute atomic E-state index is 11.5. The van der Waals surface area contributed by atoms with E-state index in [2.05, 4.69) is 9.97 Å². The van der Waals surface area contributed by atoms with E-state index in [0.29, 0.717) is 22.9 Å². The van der Waals surface area contributed by atoms with Crippen molar-refractivity contribution in [3.63, 3.8) is 0 Å². The number of ketones is 1. The van der Waals surface area contributed by atoms with Crippen LogP contribution in [0.1, 0.15) is 25.1 Å².